The Morgan fingerprint density at radius 1 is 1.35 bits per heavy atom. The first-order chi connectivity index (χ1) is 9.36. The van der Waals surface area contributed by atoms with Crippen molar-refractivity contribution in [3.8, 4) is 0 Å². The Morgan fingerprint density at radius 3 is 2.65 bits per heavy atom. The molecule has 1 aliphatic carbocycles. The van der Waals surface area contributed by atoms with E-state index >= 15 is 0 Å². The second kappa shape index (κ2) is 5.65. The van der Waals surface area contributed by atoms with Crippen molar-refractivity contribution in [1.82, 2.24) is 0 Å². The maximum absolute atomic E-state index is 12.4. The van der Waals surface area contributed by atoms with Gasteiger partial charge in [-0.15, -0.1) is 11.8 Å². The number of anilines is 1. The highest BCUT2D eigenvalue weighted by Crippen LogP contribution is 2.59. The molecule has 0 radical (unpaired) electrons. The van der Waals surface area contributed by atoms with Gasteiger partial charge >= 0.3 is 0 Å². The topological polar surface area (TPSA) is 29.1 Å². The molecular formula is C17H23NOS. The highest BCUT2D eigenvalue weighted by molar-refractivity contribution is 7.98. The molecule has 0 heterocycles. The van der Waals surface area contributed by atoms with Crippen molar-refractivity contribution < 1.29 is 4.79 Å². The molecule has 0 aromatic heterocycles. The molecule has 0 spiro atoms. The van der Waals surface area contributed by atoms with Gasteiger partial charge in [0.25, 0.3) is 0 Å². The summed E-state index contributed by atoms with van der Waals surface area (Å²) in [7, 11) is 0. The molecule has 1 amide bonds. The minimum absolute atomic E-state index is 0.0679. The number of carbonyl (C=O) groups is 1. The molecule has 0 aliphatic heterocycles. The Kier molecular flexibility index (Phi) is 4.28. The van der Waals surface area contributed by atoms with E-state index < -0.39 is 0 Å². The van der Waals surface area contributed by atoms with Gasteiger partial charge in [-0.2, -0.15) is 0 Å². The lowest BCUT2D eigenvalue weighted by Gasteiger charge is -2.07. The van der Waals surface area contributed by atoms with Crippen LogP contribution in [0.5, 0.6) is 0 Å². The summed E-state index contributed by atoms with van der Waals surface area (Å²) in [4.78, 5) is 13.6. The fourth-order valence-corrected chi connectivity index (χ4v) is 3.23. The van der Waals surface area contributed by atoms with Gasteiger partial charge in [0.2, 0.25) is 5.91 Å². The van der Waals surface area contributed by atoms with Crippen molar-refractivity contribution in [2.75, 3.05) is 11.6 Å². The van der Waals surface area contributed by atoms with Crippen molar-refractivity contribution in [2.45, 2.75) is 32.6 Å². The molecule has 2 nitrogen and oxygen atoms in total. The molecular weight excluding hydrogens is 266 g/mol. The van der Waals surface area contributed by atoms with E-state index in [4.69, 9.17) is 0 Å². The Bertz CT molecular complexity index is 544. The lowest BCUT2D eigenvalue weighted by Crippen LogP contribution is -2.16. The van der Waals surface area contributed by atoms with E-state index in [1.54, 1.807) is 11.8 Å². The van der Waals surface area contributed by atoms with Crippen LogP contribution in [-0.4, -0.2) is 12.2 Å². The number of amides is 1. The van der Waals surface area contributed by atoms with Gasteiger partial charge in [-0.05, 0) is 49.6 Å². The normalized spacial score (nSPS) is 23.1. The Morgan fingerprint density at radius 2 is 2.05 bits per heavy atom. The highest BCUT2D eigenvalue weighted by atomic mass is 32.2. The number of allylic oxidation sites excluding steroid dienone is 2. The predicted octanol–water partition coefficient (Wildman–Crippen LogP) is 4.59. The van der Waals surface area contributed by atoms with Gasteiger partial charge in [0.1, 0.15) is 0 Å². The second-order valence-corrected chi connectivity index (χ2v) is 7.17. The Hall–Kier alpha value is -1.22. The summed E-state index contributed by atoms with van der Waals surface area (Å²) in [6.45, 7) is 8.51. The summed E-state index contributed by atoms with van der Waals surface area (Å²) < 4.78 is 0. The lowest BCUT2D eigenvalue weighted by molar-refractivity contribution is -0.118. The van der Waals surface area contributed by atoms with Crippen molar-refractivity contribution in [3.05, 3.63) is 35.9 Å². The first-order valence-electron chi connectivity index (χ1n) is 6.96. The second-order valence-electron chi connectivity index (χ2n) is 6.29. The number of benzene rings is 1. The molecule has 1 saturated carbocycles. The van der Waals surface area contributed by atoms with E-state index in [9.17, 15) is 4.79 Å². The Balaban J connectivity index is 2.08. The summed E-state index contributed by atoms with van der Waals surface area (Å²) in [5.74, 6) is 0.572. The average molecular weight is 289 g/mol. The zero-order valence-electron chi connectivity index (χ0n) is 12.9. The number of carbonyl (C=O) groups excluding carboxylic acids is 1. The molecule has 2 atom stereocenters. The van der Waals surface area contributed by atoms with Gasteiger partial charge in [-0.25, -0.2) is 0 Å². The van der Waals surface area contributed by atoms with E-state index in [2.05, 4.69) is 39.1 Å². The summed E-state index contributed by atoms with van der Waals surface area (Å²) in [6, 6.07) is 8.00. The molecule has 1 N–H and O–H groups in total. The van der Waals surface area contributed by atoms with Gasteiger partial charge in [0.05, 0.1) is 5.92 Å². The lowest BCUT2D eigenvalue weighted by atomic mass is 10.1. The van der Waals surface area contributed by atoms with Crippen LogP contribution < -0.4 is 5.32 Å². The first-order valence-corrected chi connectivity index (χ1v) is 8.18. The van der Waals surface area contributed by atoms with Crippen LogP contribution in [-0.2, 0) is 4.79 Å². The number of hydrogen-bond acceptors (Lipinski definition) is 2. The quantitative estimate of drug-likeness (QED) is 0.649. The molecule has 0 saturated heterocycles. The summed E-state index contributed by atoms with van der Waals surface area (Å²) >= 11 is 1.68. The molecule has 1 aromatic rings. The number of thioether (sulfide) groups is 1. The van der Waals surface area contributed by atoms with Crippen molar-refractivity contribution >= 4 is 23.4 Å². The summed E-state index contributed by atoms with van der Waals surface area (Å²) in [5.41, 5.74) is 2.24. The van der Waals surface area contributed by atoms with Gasteiger partial charge in [-0.3, -0.25) is 4.79 Å². The SMILES string of the molecule is CSc1cccc(NC(=O)[C@H]2[C@H](C=C(C)C)C2(C)C)c1. The molecule has 20 heavy (non-hydrogen) atoms. The minimum atomic E-state index is 0.0679. The molecule has 0 unspecified atom stereocenters. The third-order valence-corrected chi connectivity index (χ3v) is 4.77. The predicted molar refractivity (Wildman–Crippen MR) is 87.0 cm³/mol. The average Bonchev–Trinajstić information content (AvgIpc) is 2.90. The molecule has 1 aromatic carbocycles. The fraction of sp³-hybridized carbons (Fsp3) is 0.471. The molecule has 1 fully saturated rings. The van der Waals surface area contributed by atoms with E-state index in [-0.39, 0.29) is 17.2 Å². The van der Waals surface area contributed by atoms with Crippen LogP contribution in [0.2, 0.25) is 0 Å². The van der Waals surface area contributed by atoms with Gasteiger partial charge < -0.3 is 5.32 Å². The smallest absolute Gasteiger partial charge is 0.228 e. The minimum Gasteiger partial charge on any atom is -0.326 e. The summed E-state index contributed by atoms with van der Waals surface area (Å²) in [5, 5.41) is 3.06. The zero-order chi connectivity index (χ0) is 14.9. The van der Waals surface area contributed by atoms with Crippen LogP contribution in [0.25, 0.3) is 0 Å². The standard InChI is InChI=1S/C17H23NOS/c1-11(2)9-14-15(17(14,3)4)16(19)18-12-7-6-8-13(10-12)20-5/h6-10,14-15H,1-5H3,(H,18,19)/t14-,15+/m0/s1. The van der Waals surface area contributed by atoms with Crippen LogP contribution >= 0.6 is 11.8 Å². The molecule has 0 bridgehead atoms. The van der Waals surface area contributed by atoms with E-state index in [0.29, 0.717) is 5.92 Å². The zero-order valence-corrected chi connectivity index (χ0v) is 13.7. The van der Waals surface area contributed by atoms with E-state index in [1.165, 1.54) is 10.5 Å². The largest absolute Gasteiger partial charge is 0.326 e. The fourth-order valence-electron chi connectivity index (χ4n) is 2.77. The van der Waals surface area contributed by atoms with Gasteiger partial charge in [-0.1, -0.05) is 31.6 Å². The monoisotopic (exact) mass is 289 g/mol. The van der Waals surface area contributed by atoms with E-state index in [0.717, 1.165) is 5.69 Å². The maximum atomic E-state index is 12.4. The third kappa shape index (κ3) is 3.09. The molecule has 1 aliphatic rings. The van der Waals surface area contributed by atoms with Crippen molar-refractivity contribution in [3.63, 3.8) is 0 Å². The highest BCUT2D eigenvalue weighted by Gasteiger charge is 2.60. The van der Waals surface area contributed by atoms with Crippen LogP contribution in [0, 0.1) is 17.3 Å². The van der Waals surface area contributed by atoms with Gasteiger partial charge in [0.15, 0.2) is 0 Å². The third-order valence-electron chi connectivity index (χ3n) is 4.04. The maximum Gasteiger partial charge on any atom is 0.228 e. The van der Waals surface area contributed by atoms with Crippen molar-refractivity contribution in [2.24, 2.45) is 17.3 Å². The number of hydrogen-bond donors (Lipinski definition) is 1. The van der Waals surface area contributed by atoms with Gasteiger partial charge in [0, 0.05) is 10.6 Å². The van der Waals surface area contributed by atoms with Crippen LogP contribution in [0.4, 0.5) is 5.69 Å². The molecule has 2 rings (SSSR count). The van der Waals surface area contributed by atoms with Crippen LogP contribution in [0.3, 0.4) is 0 Å². The molecule has 3 heteroatoms. The Labute approximate surface area is 126 Å². The summed E-state index contributed by atoms with van der Waals surface area (Å²) in [6.07, 6.45) is 4.26. The number of rotatable bonds is 4. The number of nitrogens with one attached hydrogen (secondary N) is 1. The van der Waals surface area contributed by atoms with E-state index in [1.807, 2.05) is 30.5 Å². The first kappa shape index (κ1) is 15.2. The van der Waals surface area contributed by atoms with Crippen molar-refractivity contribution in [1.29, 1.82) is 0 Å². The van der Waals surface area contributed by atoms with Crippen LogP contribution in [0.1, 0.15) is 27.7 Å². The molecule has 108 valence electrons. The van der Waals surface area contributed by atoms with Crippen LogP contribution in [0.15, 0.2) is 40.8 Å².